The Morgan fingerprint density at radius 2 is 1.70 bits per heavy atom. The van der Waals surface area contributed by atoms with E-state index in [1.165, 1.54) is 6.07 Å². The molecule has 3 aromatic rings. The number of benzene rings is 3. The van der Waals surface area contributed by atoms with Crippen LogP contribution in [0.4, 0.5) is 11.4 Å². The number of nitrogens with zero attached hydrogens (tertiary/aromatic N) is 1. The van der Waals surface area contributed by atoms with Crippen molar-refractivity contribution in [2.75, 3.05) is 37.9 Å². The van der Waals surface area contributed by atoms with Gasteiger partial charge >= 0.3 is 5.97 Å². The Bertz CT molecular complexity index is 1370. The van der Waals surface area contributed by atoms with Gasteiger partial charge in [-0.2, -0.15) is 0 Å². The number of aryl methyl sites for hydroxylation is 1. The van der Waals surface area contributed by atoms with E-state index >= 15 is 0 Å². The molecular weight excluding hydrogens is 472 g/mol. The molecule has 1 heterocycles. The molecule has 0 fully saturated rings. The maximum absolute atomic E-state index is 13.1. The Balaban J connectivity index is 1.65. The van der Waals surface area contributed by atoms with Crippen LogP contribution >= 0.6 is 0 Å². The van der Waals surface area contributed by atoms with Crippen LogP contribution in [0.25, 0.3) is 11.3 Å². The Labute approximate surface area is 214 Å². The van der Waals surface area contributed by atoms with Gasteiger partial charge in [0.25, 0.3) is 11.8 Å². The number of anilines is 2. The summed E-state index contributed by atoms with van der Waals surface area (Å²) in [6, 6.07) is 19.4. The van der Waals surface area contributed by atoms with E-state index in [0.717, 1.165) is 5.56 Å². The first-order chi connectivity index (χ1) is 17.7. The summed E-state index contributed by atoms with van der Waals surface area (Å²) >= 11 is 0. The van der Waals surface area contributed by atoms with Crippen LogP contribution in [-0.4, -0.2) is 55.0 Å². The average molecular weight is 501 g/mol. The molecule has 0 saturated carbocycles. The maximum Gasteiger partial charge on any atom is 0.336 e. The molecule has 0 aromatic heterocycles. The molecule has 190 valence electrons. The van der Waals surface area contributed by atoms with Gasteiger partial charge in [-0.05, 0) is 68.5 Å². The highest BCUT2D eigenvalue weighted by molar-refractivity contribution is 6.37. The number of hydroxylamine groups is 1. The van der Waals surface area contributed by atoms with E-state index in [-0.39, 0.29) is 17.4 Å². The van der Waals surface area contributed by atoms with Crippen molar-refractivity contribution in [1.29, 1.82) is 0 Å². The second-order valence-electron chi connectivity index (χ2n) is 8.87. The summed E-state index contributed by atoms with van der Waals surface area (Å²) in [5.74, 6) is -1.75. The number of carboxylic acid groups (broad SMARTS) is 1. The molecule has 0 atom stereocenters. The summed E-state index contributed by atoms with van der Waals surface area (Å²) in [5, 5.41) is 15.6. The predicted octanol–water partition coefficient (Wildman–Crippen LogP) is 3.85. The Kier molecular flexibility index (Phi) is 7.66. The SMILES string of the molecule is Cc1cc2c(cc1C(=O)O)NC(=O)/C2=C(\Nc1ccc(C(=O)NOCCN(C)C)cc1)c1ccccc1. The van der Waals surface area contributed by atoms with E-state index in [0.29, 0.717) is 52.5 Å². The molecule has 0 spiro atoms. The zero-order valence-corrected chi connectivity index (χ0v) is 20.8. The second kappa shape index (κ2) is 11.1. The minimum Gasteiger partial charge on any atom is -0.478 e. The van der Waals surface area contributed by atoms with E-state index in [4.69, 9.17) is 4.84 Å². The molecule has 2 amide bonds. The fraction of sp³-hybridized carbons (Fsp3) is 0.179. The third-order valence-corrected chi connectivity index (χ3v) is 5.87. The van der Waals surface area contributed by atoms with E-state index in [2.05, 4.69) is 16.1 Å². The Morgan fingerprint density at radius 3 is 2.35 bits per heavy atom. The Hall–Kier alpha value is -4.47. The normalized spacial score (nSPS) is 13.7. The molecule has 9 nitrogen and oxygen atoms in total. The van der Waals surface area contributed by atoms with Crippen LogP contribution in [0.5, 0.6) is 0 Å². The lowest BCUT2D eigenvalue weighted by Gasteiger charge is -2.15. The molecule has 0 radical (unpaired) electrons. The molecule has 0 aliphatic carbocycles. The topological polar surface area (TPSA) is 120 Å². The van der Waals surface area contributed by atoms with Crippen molar-refractivity contribution in [3.05, 3.63) is 94.5 Å². The molecule has 9 heteroatoms. The third kappa shape index (κ3) is 5.85. The zero-order chi connectivity index (χ0) is 26.5. The van der Waals surface area contributed by atoms with Gasteiger partial charge in [-0.15, -0.1) is 0 Å². The second-order valence-corrected chi connectivity index (χ2v) is 8.87. The first-order valence-corrected chi connectivity index (χ1v) is 11.7. The van der Waals surface area contributed by atoms with E-state index in [9.17, 15) is 19.5 Å². The molecule has 1 aliphatic heterocycles. The summed E-state index contributed by atoms with van der Waals surface area (Å²) in [6.07, 6.45) is 0. The van der Waals surface area contributed by atoms with Crippen molar-refractivity contribution in [3.8, 4) is 0 Å². The largest absolute Gasteiger partial charge is 0.478 e. The van der Waals surface area contributed by atoms with Crippen LogP contribution < -0.4 is 16.1 Å². The number of rotatable bonds is 9. The molecule has 1 aliphatic rings. The molecular formula is C28H28N4O5. The highest BCUT2D eigenvalue weighted by Crippen LogP contribution is 2.39. The fourth-order valence-electron chi connectivity index (χ4n) is 3.94. The number of carbonyl (C=O) groups is 3. The van der Waals surface area contributed by atoms with E-state index in [1.807, 2.05) is 49.3 Å². The van der Waals surface area contributed by atoms with Gasteiger partial charge in [-0.3, -0.25) is 14.4 Å². The lowest BCUT2D eigenvalue weighted by molar-refractivity contribution is -0.110. The van der Waals surface area contributed by atoms with Crippen LogP contribution in [-0.2, 0) is 9.63 Å². The molecule has 0 unspecified atom stereocenters. The van der Waals surface area contributed by atoms with Gasteiger partial charge < -0.3 is 20.6 Å². The number of carboxylic acids is 1. The number of likely N-dealkylation sites (N-methyl/N-ethyl adjacent to an activating group) is 1. The summed E-state index contributed by atoms with van der Waals surface area (Å²) in [6.45, 7) is 2.74. The van der Waals surface area contributed by atoms with Crippen LogP contribution in [0.1, 0.15) is 37.4 Å². The maximum atomic E-state index is 13.1. The fourth-order valence-corrected chi connectivity index (χ4v) is 3.94. The molecule has 0 bridgehead atoms. The van der Waals surface area contributed by atoms with Crippen molar-refractivity contribution in [3.63, 3.8) is 0 Å². The van der Waals surface area contributed by atoms with Gasteiger partial charge in [0.1, 0.15) is 0 Å². The molecule has 4 N–H and O–H groups in total. The minimum atomic E-state index is -1.05. The highest BCUT2D eigenvalue weighted by atomic mass is 16.6. The van der Waals surface area contributed by atoms with Crippen molar-refractivity contribution in [1.82, 2.24) is 10.4 Å². The quantitative estimate of drug-likeness (QED) is 0.200. The van der Waals surface area contributed by atoms with Gasteiger partial charge in [0.15, 0.2) is 0 Å². The lowest BCUT2D eigenvalue weighted by Crippen LogP contribution is -2.28. The number of hydrogen-bond acceptors (Lipinski definition) is 6. The van der Waals surface area contributed by atoms with Crippen LogP contribution in [0.15, 0.2) is 66.7 Å². The number of fused-ring (bicyclic) bond motifs is 1. The summed E-state index contributed by atoms with van der Waals surface area (Å²) in [5.41, 5.74) is 6.99. The standard InChI is InChI=1S/C28H28N4O5/c1-17-15-22-23(16-21(17)28(35)36)30-27(34)24(22)25(18-7-5-4-6-8-18)29-20-11-9-19(10-12-20)26(33)31-37-14-13-32(2)3/h4-12,15-16,29H,13-14H2,1-3H3,(H,30,34)(H,31,33)(H,35,36)/b25-24-. The minimum absolute atomic E-state index is 0.133. The monoisotopic (exact) mass is 500 g/mol. The van der Waals surface area contributed by atoms with E-state index in [1.54, 1.807) is 37.3 Å². The molecule has 3 aromatic carbocycles. The van der Waals surface area contributed by atoms with Gasteiger partial charge in [0.05, 0.1) is 29.1 Å². The molecule has 4 rings (SSSR count). The first kappa shape index (κ1) is 25.6. The van der Waals surface area contributed by atoms with Crippen molar-refractivity contribution in [2.24, 2.45) is 0 Å². The zero-order valence-electron chi connectivity index (χ0n) is 20.8. The van der Waals surface area contributed by atoms with Crippen molar-refractivity contribution >= 4 is 40.4 Å². The summed E-state index contributed by atoms with van der Waals surface area (Å²) < 4.78 is 0. The molecule has 37 heavy (non-hydrogen) atoms. The summed E-state index contributed by atoms with van der Waals surface area (Å²) in [7, 11) is 3.83. The van der Waals surface area contributed by atoms with Crippen LogP contribution in [0.3, 0.4) is 0 Å². The van der Waals surface area contributed by atoms with Crippen molar-refractivity contribution in [2.45, 2.75) is 6.92 Å². The molecule has 0 saturated heterocycles. The highest BCUT2D eigenvalue weighted by Gasteiger charge is 2.30. The average Bonchev–Trinajstić information content (AvgIpc) is 3.19. The van der Waals surface area contributed by atoms with E-state index < -0.39 is 5.97 Å². The number of aromatic carboxylic acids is 1. The Morgan fingerprint density at radius 1 is 1.00 bits per heavy atom. The number of hydrogen-bond donors (Lipinski definition) is 4. The van der Waals surface area contributed by atoms with Crippen molar-refractivity contribution < 1.29 is 24.3 Å². The van der Waals surface area contributed by atoms with Gasteiger partial charge in [0.2, 0.25) is 0 Å². The van der Waals surface area contributed by atoms with Gasteiger partial charge in [-0.25, -0.2) is 10.3 Å². The predicted molar refractivity (Wildman–Crippen MR) is 142 cm³/mol. The number of amides is 2. The third-order valence-electron chi connectivity index (χ3n) is 5.87. The lowest BCUT2D eigenvalue weighted by atomic mass is 9.96. The van der Waals surface area contributed by atoms with Crippen LogP contribution in [0, 0.1) is 6.92 Å². The van der Waals surface area contributed by atoms with Crippen LogP contribution in [0.2, 0.25) is 0 Å². The smallest absolute Gasteiger partial charge is 0.336 e. The summed E-state index contributed by atoms with van der Waals surface area (Å²) in [4.78, 5) is 44.2. The number of carbonyl (C=O) groups excluding carboxylic acids is 2. The number of nitrogens with one attached hydrogen (secondary N) is 3. The van der Waals surface area contributed by atoms with Gasteiger partial charge in [0, 0.05) is 23.4 Å². The van der Waals surface area contributed by atoms with Gasteiger partial charge in [-0.1, -0.05) is 30.3 Å². The first-order valence-electron chi connectivity index (χ1n) is 11.7.